The van der Waals surface area contributed by atoms with Crippen molar-refractivity contribution in [3.05, 3.63) is 53.5 Å². The molecule has 0 aliphatic rings. The van der Waals surface area contributed by atoms with E-state index in [1.807, 2.05) is 6.07 Å². The van der Waals surface area contributed by atoms with Gasteiger partial charge in [0.15, 0.2) is 0 Å². The third kappa shape index (κ3) is 3.20. The quantitative estimate of drug-likeness (QED) is 0.899. The minimum absolute atomic E-state index is 0.232. The molecule has 0 spiro atoms. The molecule has 100 valence electrons. The van der Waals surface area contributed by atoms with Crippen LogP contribution in [0.2, 0.25) is 0 Å². The second-order valence-electron chi connectivity index (χ2n) is 3.87. The molecular weight excluding hydrogens is 249 g/mol. The molecular formula is C14H14FNO3. The normalized spacial score (nSPS) is 10.3. The molecule has 0 amide bonds. The average molecular weight is 263 g/mol. The van der Waals surface area contributed by atoms with E-state index >= 15 is 0 Å². The zero-order chi connectivity index (χ0) is 13.7. The number of hydrogen-bond donors (Lipinski definition) is 1. The summed E-state index contributed by atoms with van der Waals surface area (Å²) in [5.74, 6) is 0.514. The number of hydrogen-bond acceptors (Lipinski definition) is 4. The molecule has 0 fully saturated rings. The number of rotatable bonds is 5. The predicted molar refractivity (Wildman–Crippen MR) is 67.4 cm³/mol. The van der Waals surface area contributed by atoms with Gasteiger partial charge >= 0.3 is 0 Å². The zero-order valence-electron chi connectivity index (χ0n) is 10.5. The van der Waals surface area contributed by atoms with Gasteiger partial charge in [0.2, 0.25) is 5.88 Å². The molecule has 0 radical (unpaired) electrons. The van der Waals surface area contributed by atoms with Crippen LogP contribution in [-0.4, -0.2) is 17.2 Å². The number of aliphatic hydroxyl groups excluding tert-OH is 1. The van der Waals surface area contributed by atoms with Gasteiger partial charge in [-0.15, -0.1) is 0 Å². The Kier molecular flexibility index (Phi) is 4.30. The summed E-state index contributed by atoms with van der Waals surface area (Å²) < 4.78 is 23.7. The van der Waals surface area contributed by atoms with E-state index in [-0.39, 0.29) is 13.2 Å². The standard InChI is InChI=1S/C14H14FNO3/c1-18-14-10(3-2-6-16-14)9-19-13-5-4-12(15)7-11(13)8-17/h2-7,17H,8-9H2,1H3. The summed E-state index contributed by atoms with van der Waals surface area (Å²) >= 11 is 0. The summed E-state index contributed by atoms with van der Waals surface area (Å²) in [5, 5.41) is 9.16. The van der Waals surface area contributed by atoms with Crippen LogP contribution < -0.4 is 9.47 Å². The van der Waals surface area contributed by atoms with Gasteiger partial charge in [0.05, 0.1) is 19.3 Å². The number of benzene rings is 1. The lowest BCUT2D eigenvalue weighted by atomic mass is 10.2. The predicted octanol–water partition coefficient (Wildman–Crippen LogP) is 2.30. The topological polar surface area (TPSA) is 51.6 Å². The van der Waals surface area contributed by atoms with Crippen LogP contribution in [0.3, 0.4) is 0 Å². The fourth-order valence-corrected chi connectivity index (χ4v) is 1.69. The van der Waals surface area contributed by atoms with Crippen LogP contribution in [0.1, 0.15) is 11.1 Å². The lowest BCUT2D eigenvalue weighted by molar-refractivity contribution is 0.255. The smallest absolute Gasteiger partial charge is 0.219 e. The number of pyridine rings is 1. The Morgan fingerprint density at radius 1 is 1.26 bits per heavy atom. The number of ether oxygens (including phenoxy) is 2. The third-order valence-corrected chi connectivity index (χ3v) is 2.62. The molecule has 1 heterocycles. The molecule has 2 rings (SSSR count). The van der Waals surface area contributed by atoms with Gasteiger partial charge in [-0.1, -0.05) is 0 Å². The third-order valence-electron chi connectivity index (χ3n) is 2.62. The molecule has 1 N–H and O–H groups in total. The second kappa shape index (κ2) is 6.15. The molecule has 1 aromatic carbocycles. The minimum atomic E-state index is -0.407. The summed E-state index contributed by atoms with van der Waals surface area (Å²) in [7, 11) is 1.53. The van der Waals surface area contributed by atoms with Crippen molar-refractivity contribution in [1.29, 1.82) is 0 Å². The lowest BCUT2D eigenvalue weighted by Gasteiger charge is -2.11. The Morgan fingerprint density at radius 3 is 2.84 bits per heavy atom. The first-order valence-corrected chi connectivity index (χ1v) is 5.74. The van der Waals surface area contributed by atoms with E-state index in [2.05, 4.69) is 4.98 Å². The van der Waals surface area contributed by atoms with Crippen LogP contribution in [0.4, 0.5) is 4.39 Å². The Bertz CT molecular complexity index is 560. The molecule has 0 atom stereocenters. The van der Waals surface area contributed by atoms with E-state index in [0.29, 0.717) is 17.2 Å². The van der Waals surface area contributed by atoms with Gasteiger partial charge in [0, 0.05) is 11.8 Å². The van der Waals surface area contributed by atoms with Gasteiger partial charge in [-0.3, -0.25) is 0 Å². The van der Waals surface area contributed by atoms with Crippen molar-refractivity contribution in [2.24, 2.45) is 0 Å². The Morgan fingerprint density at radius 2 is 2.11 bits per heavy atom. The first kappa shape index (κ1) is 13.3. The fraction of sp³-hybridized carbons (Fsp3) is 0.214. The van der Waals surface area contributed by atoms with Crippen molar-refractivity contribution in [2.75, 3.05) is 7.11 Å². The Balaban J connectivity index is 2.14. The van der Waals surface area contributed by atoms with Crippen LogP contribution in [0.5, 0.6) is 11.6 Å². The van der Waals surface area contributed by atoms with Crippen LogP contribution in [-0.2, 0) is 13.2 Å². The number of methoxy groups -OCH3 is 1. The monoisotopic (exact) mass is 263 g/mol. The number of aliphatic hydroxyl groups is 1. The molecule has 4 nitrogen and oxygen atoms in total. The lowest BCUT2D eigenvalue weighted by Crippen LogP contribution is -2.02. The molecule has 0 unspecified atom stereocenters. The summed E-state index contributed by atoms with van der Waals surface area (Å²) in [4.78, 5) is 4.05. The van der Waals surface area contributed by atoms with E-state index < -0.39 is 5.82 Å². The van der Waals surface area contributed by atoms with Crippen molar-refractivity contribution >= 4 is 0 Å². The van der Waals surface area contributed by atoms with E-state index in [9.17, 15) is 4.39 Å². The molecule has 19 heavy (non-hydrogen) atoms. The SMILES string of the molecule is COc1ncccc1COc1ccc(F)cc1CO. The maximum Gasteiger partial charge on any atom is 0.219 e. The molecule has 1 aromatic heterocycles. The van der Waals surface area contributed by atoms with E-state index in [1.165, 1.54) is 25.3 Å². The summed E-state index contributed by atoms with van der Waals surface area (Å²) in [6.07, 6.45) is 1.62. The largest absolute Gasteiger partial charge is 0.488 e. The first-order valence-electron chi connectivity index (χ1n) is 5.74. The van der Waals surface area contributed by atoms with Gasteiger partial charge in [-0.05, 0) is 30.3 Å². The molecule has 0 aliphatic heterocycles. The fourth-order valence-electron chi connectivity index (χ4n) is 1.69. The summed E-state index contributed by atoms with van der Waals surface area (Å²) in [6.45, 7) is -0.0487. The minimum Gasteiger partial charge on any atom is -0.488 e. The zero-order valence-corrected chi connectivity index (χ0v) is 10.5. The van der Waals surface area contributed by atoms with E-state index in [4.69, 9.17) is 14.6 Å². The van der Waals surface area contributed by atoms with Crippen LogP contribution in [0.25, 0.3) is 0 Å². The van der Waals surface area contributed by atoms with Crippen molar-refractivity contribution < 1.29 is 19.0 Å². The molecule has 0 bridgehead atoms. The highest BCUT2D eigenvalue weighted by molar-refractivity contribution is 5.34. The first-order chi connectivity index (χ1) is 9.24. The van der Waals surface area contributed by atoms with Gasteiger partial charge in [-0.25, -0.2) is 9.37 Å². The van der Waals surface area contributed by atoms with Gasteiger partial charge in [0.1, 0.15) is 18.2 Å². The molecule has 5 heteroatoms. The maximum absolute atomic E-state index is 13.0. The van der Waals surface area contributed by atoms with Crippen LogP contribution in [0, 0.1) is 5.82 Å². The maximum atomic E-state index is 13.0. The summed E-state index contributed by atoms with van der Waals surface area (Å²) in [5.41, 5.74) is 1.18. The highest BCUT2D eigenvalue weighted by Gasteiger charge is 2.08. The Labute approximate surface area is 110 Å². The Hall–Kier alpha value is -2.14. The molecule has 0 saturated carbocycles. The van der Waals surface area contributed by atoms with Gasteiger partial charge < -0.3 is 14.6 Å². The second-order valence-corrected chi connectivity index (χ2v) is 3.87. The molecule has 0 saturated heterocycles. The number of aromatic nitrogens is 1. The van der Waals surface area contributed by atoms with Gasteiger partial charge in [-0.2, -0.15) is 0 Å². The number of nitrogens with zero attached hydrogens (tertiary/aromatic N) is 1. The average Bonchev–Trinajstić information content (AvgIpc) is 2.46. The van der Waals surface area contributed by atoms with Crippen molar-refractivity contribution in [3.8, 4) is 11.6 Å². The van der Waals surface area contributed by atoms with Gasteiger partial charge in [0.25, 0.3) is 0 Å². The van der Waals surface area contributed by atoms with Crippen LogP contribution in [0.15, 0.2) is 36.5 Å². The highest BCUT2D eigenvalue weighted by atomic mass is 19.1. The highest BCUT2D eigenvalue weighted by Crippen LogP contribution is 2.22. The van der Waals surface area contributed by atoms with Crippen molar-refractivity contribution in [3.63, 3.8) is 0 Å². The van der Waals surface area contributed by atoms with Crippen molar-refractivity contribution in [2.45, 2.75) is 13.2 Å². The van der Waals surface area contributed by atoms with E-state index in [1.54, 1.807) is 12.3 Å². The molecule has 0 aliphatic carbocycles. The van der Waals surface area contributed by atoms with Crippen molar-refractivity contribution in [1.82, 2.24) is 4.98 Å². The van der Waals surface area contributed by atoms with Crippen LogP contribution >= 0.6 is 0 Å². The molecule has 2 aromatic rings. The summed E-state index contributed by atoms with van der Waals surface area (Å²) in [6, 6.07) is 7.63. The number of halogens is 1. The van der Waals surface area contributed by atoms with E-state index in [0.717, 1.165) is 5.56 Å².